The second-order valence-electron chi connectivity index (χ2n) is 5.37. The van der Waals surface area contributed by atoms with Crippen molar-refractivity contribution in [3.05, 3.63) is 57.5 Å². The number of amides is 2. The maximum atomic E-state index is 11.7. The quantitative estimate of drug-likeness (QED) is 0.489. The zero-order valence-electron chi connectivity index (χ0n) is 14.1. The summed E-state index contributed by atoms with van der Waals surface area (Å²) < 4.78 is 10.7. The number of halogens is 3. The summed E-state index contributed by atoms with van der Waals surface area (Å²) in [6.45, 7) is 0.0580. The van der Waals surface area contributed by atoms with Crippen LogP contribution in [0.2, 0.25) is 15.1 Å². The Labute approximate surface area is 171 Å². The van der Waals surface area contributed by atoms with Gasteiger partial charge in [-0.05, 0) is 48.9 Å². The van der Waals surface area contributed by atoms with Crippen LogP contribution in [0.15, 0.2) is 42.5 Å². The highest BCUT2D eigenvalue weighted by atomic mass is 35.5. The van der Waals surface area contributed by atoms with E-state index in [1.54, 1.807) is 42.5 Å². The third-order valence-electron chi connectivity index (χ3n) is 3.22. The molecular weight excluding hydrogens is 415 g/mol. The Bertz CT molecular complexity index is 785. The van der Waals surface area contributed by atoms with Crippen molar-refractivity contribution in [2.75, 3.05) is 13.2 Å². The minimum atomic E-state index is -0.484. The molecule has 0 unspecified atom stereocenters. The van der Waals surface area contributed by atoms with Crippen LogP contribution < -0.4 is 20.3 Å². The Morgan fingerprint density at radius 2 is 1.52 bits per heavy atom. The predicted molar refractivity (Wildman–Crippen MR) is 104 cm³/mol. The van der Waals surface area contributed by atoms with Crippen LogP contribution in [-0.4, -0.2) is 25.0 Å². The van der Waals surface area contributed by atoms with Crippen molar-refractivity contribution in [2.45, 2.75) is 12.8 Å². The zero-order chi connectivity index (χ0) is 19.6. The van der Waals surface area contributed by atoms with Crippen molar-refractivity contribution in [2.24, 2.45) is 0 Å². The standard InChI is InChI=1S/C18H17Cl3N2O4/c19-12-3-6-14(7-4-12)27-11-18(25)23-22-17(24)2-1-9-26-16-8-5-13(20)10-15(16)21/h3-8,10H,1-2,9,11H2,(H,22,24)(H,23,25). The van der Waals surface area contributed by atoms with Crippen LogP contribution in [-0.2, 0) is 9.59 Å². The Hall–Kier alpha value is -2.15. The third kappa shape index (κ3) is 7.95. The van der Waals surface area contributed by atoms with Crippen LogP contribution in [0.5, 0.6) is 11.5 Å². The number of nitrogens with one attached hydrogen (secondary N) is 2. The number of benzene rings is 2. The van der Waals surface area contributed by atoms with Crippen molar-refractivity contribution >= 4 is 46.6 Å². The molecule has 0 saturated heterocycles. The largest absolute Gasteiger partial charge is 0.492 e. The SMILES string of the molecule is O=C(CCCOc1ccc(Cl)cc1Cl)NNC(=O)COc1ccc(Cl)cc1. The Morgan fingerprint density at radius 3 is 2.22 bits per heavy atom. The molecule has 144 valence electrons. The molecule has 0 bridgehead atoms. The van der Waals surface area contributed by atoms with Crippen LogP contribution in [0, 0.1) is 0 Å². The van der Waals surface area contributed by atoms with Crippen molar-refractivity contribution in [1.82, 2.24) is 10.9 Å². The summed E-state index contributed by atoms with van der Waals surface area (Å²) in [6.07, 6.45) is 0.617. The van der Waals surface area contributed by atoms with Crippen molar-refractivity contribution in [3.63, 3.8) is 0 Å². The van der Waals surface area contributed by atoms with Gasteiger partial charge in [0.1, 0.15) is 11.5 Å². The lowest BCUT2D eigenvalue weighted by Gasteiger charge is -2.10. The predicted octanol–water partition coefficient (Wildman–Crippen LogP) is 4.03. The molecule has 0 heterocycles. The highest BCUT2D eigenvalue weighted by molar-refractivity contribution is 6.35. The molecule has 2 N–H and O–H groups in total. The summed E-state index contributed by atoms with van der Waals surface area (Å²) in [4.78, 5) is 23.3. The molecule has 2 rings (SSSR count). The third-order valence-corrected chi connectivity index (χ3v) is 4.01. The number of hydrogen-bond acceptors (Lipinski definition) is 4. The molecule has 2 aromatic rings. The molecule has 9 heteroatoms. The van der Waals surface area contributed by atoms with Gasteiger partial charge in [-0.1, -0.05) is 34.8 Å². The molecule has 0 spiro atoms. The lowest BCUT2D eigenvalue weighted by atomic mass is 10.3. The van der Waals surface area contributed by atoms with Crippen LogP contribution in [0.4, 0.5) is 0 Å². The van der Waals surface area contributed by atoms with Crippen molar-refractivity contribution in [1.29, 1.82) is 0 Å². The molecule has 0 aliphatic carbocycles. The summed E-state index contributed by atoms with van der Waals surface area (Å²) in [5.74, 6) is 0.163. The number of rotatable bonds is 8. The van der Waals surface area contributed by atoms with Crippen LogP contribution in [0.25, 0.3) is 0 Å². The number of carbonyl (C=O) groups is 2. The van der Waals surface area contributed by atoms with Gasteiger partial charge in [-0.2, -0.15) is 0 Å². The van der Waals surface area contributed by atoms with Gasteiger partial charge in [-0.15, -0.1) is 0 Å². The van der Waals surface area contributed by atoms with Crippen LogP contribution >= 0.6 is 34.8 Å². The maximum Gasteiger partial charge on any atom is 0.276 e. The number of hydrazine groups is 1. The summed E-state index contributed by atoms with van der Waals surface area (Å²) in [5.41, 5.74) is 4.58. The number of ether oxygens (including phenoxy) is 2. The summed E-state index contributed by atoms with van der Waals surface area (Å²) >= 11 is 17.5. The van der Waals surface area contributed by atoms with Gasteiger partial charge in [-0.25, -0.2) is 0 Å². The van der Waals surface area contributed by atoms with E-state index in [1.807, 2.05) is 0 Å². The average Bonchev–Trinajstić information content (AvgIpc) is 2.64. The molecule has 0 aromatic heterocycles. The minimum absolute atomic E-state index is 0.170. The lowest BCUT2D eigenvalue weighted by Crippen LogP contribution is -2.43. The Kier molecular flexibility index (Phi) is 8.51. The van der Waals surface area contributed by atoms with Crippen LogP contribution in [0.1, 0.15) is 12.8 Å². The molecular formula is C18H17Cl3N2O4. The Balaban J connectivity index is 1.58. The lowest BCUT2D eigenvalue weighted by molar-refractivity contribution is -0.130. The topological polar surface area (TPSA) is 76.7 Å². The molecule has 2 aromatic carbocycles. The fourth-order valence-corrected chi connectivity index (χ4v) is 2.51. The molecule has 0 atom stereocenters. The van der Waals surface area contributed by atoms with Crippen molar-refractivity contribution in [3.8, 4) is 11.5 Å². The van der Waals surface area contributed by atoms with Gasteiger partial charge in [0, 0.05) is 16.5 Å². The molecule has 27 heavy (non-hydrogen) atoms. The van der Waals surface area contributed by atoms with E-state index in [-0.39, 0.29) is 18.9 Å². The van der Waals surface area contributed by atoms with Gasteiger partial charge < -0.3 is 9.47 Å². The van der Waals surface area contributed by atoms with E-state index in [0.717, 1.165) is 0 Å². The van der Waals surface area contributed by atoms with Crippen molar-refractivity contribution < 1.29 is 19.1 Å². The first kappa shape index (κ1) is 21.2. The van der Waals surface area contributed by atoms with Gasteiger partial charge in [0.05, 0.1) is 11.6 Å². The molecule has 0 saturated carbocycles. The van der Waals surface area contributed by atoms with E-state index < -0.39 is 5.91 Å². The smallest absolute Gasteiger partial charge is 0.276 e. The summed E-state index contributed by atoms with van der Waals surface area (Å²) in [7, 11) is 0. The second-order valence-corrected chi connectivity index (χ2v) is 6.65. The highest BCUT2D eigenvalue weighted by Crippen LogP contribution is 2.27. The summed E-state index contributed by atoms with van der Waals surface area (Å²) in [5, 5.41) is 1.49. The first-order chi connectivity index (χ1) is 12.9. The molecule has 0 radical (unpaired) electrons. The fourth-order valence-electron chi connectivity index (χ4n) is 1.92. The molecule has 6 nitrogen and oxygen atoms in total. The summed E-state index contributed by atoms with van der Waals surface area (Å²) in [6, 6.07) is 11.5. The fraction of sp³-hybridized carbons (Fsp3) is 0.222. The molecule has 0 fully saturated rings. The molecule has 0 aliphatic rings. The van der Waals surface area contributed by atoms with E-state index in [9.17, 15) is 9.59 Å². The molecule has 2 amide bonds. The van der Waals surface area contributed by atoms with E-state index >= 15 is 0 Å². The maximum absolute atomic E-state index is 11.7. The van der Waals surface area contributed by atoms with Gasteiger partial charge in [0.25, 0.3) is 5.91 Å². The minimum Gasteiger partial charge on any atom is -0.492 e. The number of carbonyl (C=O) groups excluding carboxylic acids is 2. The monoisotopic (exact) mass is 430 g/mol. The van der Waals surface area contributed by atoms with E-state index in [4.69, 9.17) is 44.3 Å². The van der Waals surface area contributed by atoms with E-state index in [0.29, 0.717) is 39.6 Å². The van der Waals surface area contributed by atoms with E-state index in [1.165, 1.54) is 0 Å². The van der Waals surface area contributed by atoms with Gasteiger partial charge in [-0.3, -0.25) is 20.4 Å². The average molecular weight is 432 g/mol. The first-order valence-corrected chi connectivity index (χ1v) is 9.11. The zero-order valence-corrected chi connectivity index (χ0v) is 16.4. The van der Waals surface area contributed by atoms with Gasteiger partial charge in [0.2, 0.25) is 5.91 Å². The first-order valence-electron chi connectivity index (χ1n) is 7.98. The van der Waals surface area contributed by atoms with Gasteiger partial charge in [0.15, 0.2) is 6.61 Å². The second kappa shape index (κ2) is 10.9. The number of hydrogen-bond donors (Lipinski definition) is 2. The van der Waals surface area contributed by atoms with E-state index in [2.05, 4.69) is 10.9 Å². The molecule has 0 aliphatic heterocycles. The van der Waals surface area contributed by atoms with Gasteiger partial charge >= 0.3 is 0 Å². The normalized spacial score (nSPS) is 10.2. The Morgan fingerprint density at radius 1 is 0.852 bits per heavy atom. The van der Waals surface area contributed by atoms with Crippen LogP contribution in [0.3, 0.4) is 0 Å². The highest BCUT2D eigenvalue weighted by Gasteiger charge is 2.07.